The lowest BCUT2D eigenvalue weighted by Gasteiger charge is -2.07. The number of benzene rings is 1. The number of nitrogens with one attached hydrogen (secondary N) is 2. The van der Waals surface area contributed by atoms with E-state index >= 15 is 0 Å². The summed E-state index contributed by atoms with van der Waals surface area (Å²) in [5.41, 5.74) is -0.202. The van der Waals surface area contributed by atoms with E-state index in [4.69, 9.17) is 5.11 Å². The molecule has 0 aliphatic rings. The van der Waals surface area contributed by atoms with Crippen molar-refractivity contribution in [2.75, 3.05) is 18.4 Å². The van der Waals surface area contributed by atoms with Crippen LogP contribution in [-0.2, 0) is 4.79 Å². The molecule has 0 aromatic heterocycles. The Kier molecular flexibility index (Phi) is 5.26. The van der Waals surface area contributed by atoms with Crippen molar-refractivity contribution in [3.05, 3.63) is 29.6 Å². The summed E-state index contributed by atoms with van der Waals surface area (Å²) in [6.45, 7) is 2.83. The Morgan fingerprint density at radius 1 is 1.39 bits per heavy atom. The number of halogens is 1. The number of carbonyl (C=O) groups is 2. The Morgan fingerprint density at radius 3 is 2.72 bits per heavy atom. The van der Waals surface area contributed by atoms with Crippen LogP contribution in [0.5, 0.6) is 0 Å². The van der Waals surface area contributed by atoms with E-state index in [2.05, 4.69) is 10.6 Å². The summed E-state index contributed by atoms with van der Waals surface area (Å²) in [5.74, 6) is -2.50. The summed E-state index contributed by atoms with van der Waals surface area (Å²) in [6, 6.07) is 3.42. The van der Waals surface area contributed by atoms with Crippen LogP contribution >= 0.6 is 0 Å². The van der Waals surface area contributed by atoms with E-state index in [-0.39, 0.29) is 18.1 Å². The second kappa shape index (κ2) is 6.70. The maximum absolute atomic E-state index is 13.1. The van der Waals surface area contributed by atoms with Crippen LogP contribution in [-0.4, -0.2) is 30.1 Å². The highest BCUT2D eigenvalue weighted by Gasteiger charge is 2.11. The van der Waals surface area contributed by atoms with Gasteiger partial charge in [0.25, 0.3) is 0 Å². The van der Waals surface area contributed by atoms with Gasteiger partial charge in [0.15, 0.2) is 0 Å². The first kappa shape index (κ1) is 14.1. The van der Waals surface area contributed by atoms with Crippen molar-refractivity contribution in [2.24, 2.45) is 0 Å². The summed E-state index contributed by atoms with van der Waals surface area (Å²) in [7, 11) is 0. The third-order valence-electron chi connectivity index (χ3n) is 2.19. The summed E-state index contributed by atoms with van der Waals surface area (Å²) in [6.07, 6.45) is 0.910. The monoisotopic (exact) mass is 254 g/mol. The van der Waals surface area contributed by atoms with Crippen LogP contribution in [0.25, 0.3) is 0 Å². The van der Waals surface area contributed by atoms with Crippen molar-refractivity contribution in [1.82, 2.24) is 5.32 Å². The van der Waals surface area contributed by atoms with Gasteiger partial charge >= 0.3 is 5.97 Å². The largest absolute Gasteiger partial charge is 0.478 e. The second-order valence-electron chi connectivity index (χ2n) is 3.72. The second-order valence-corrected chi connectivity index (χ2v) is 3.72. The van der Waals surface area contributed by atoms with Gasteiger partial charge in [-0.3, -0.25) is 4.79 Å². The molecule has 5 nitrogen and oxygen atoms in total. The van der Waals surface area contributed by atoms with Gasteiger partial charge in [0.05, 0.1) is 12.1 Å². The molecule has 0 saturated heterocycles. The zero-order chi connectivity index (χ0) is 13.5. The maximum atomic E-state index is 13.1. The fourth-order valence-corrected chi connectivity index (χ4v) is 1.35. The van der Waals surface area contributed by atoms with E-state index in [1.807, 2.05) is 6.92 Å². The molecule has 1 aromatic carbocycles. The predicted molar refractivity (Wildman–Crippen MR) is 65.1 cm³/mol. The van der Waals surface area contributed by atoms with E-state index in [9.17, 15) is 14.0 Å². The normalized spacial score (nSPS) is 10.1. The lowest BCUT2D eigenvalue weighted by molar-refractivity contribution is -0.115. The van der Waals surface area contributed by atoms with Crippen molar-refractivity contribution in [3.8, 4) is 0 Å². The first-order valence-electron chi connectivity index (χ1n) is 5.58. The SMILES string of the molecule is CCCNCC(=O)Nc1ccc(F)c(C(=O)O)c1. The number of carboxylic acid groups (broad SMARTS) is 1. The Morgan fingerprint density at radius 2 is 2.11 bits per heavy atom. The van der Waals surface area contributed by atoms with Gasteiger partial charge in [-0.15, -0.1) is 0 Å². The fraction of sp³-hybridized carbons (Fsp3) is 0.333. The van der Waals surface area contributed by atoms with Gasteiger partial charge in [-0.1, -0.05) is 6.92 Å². The van der Waals surface area contributed by atoms with Gasteiger partial charge in [0.1, 0.15) is 5.82 Å². The number of rotatable bonds is 6. The molecule has 6 heteroatoms. The molecule has 0 aliphatic carbocycles. The third kappa shape index (κ3) is 4.14. The van der Waals surface area contributed by atoms with Crippen LogP contribution in [0.4, 0.5) is 10.1 Å². The van der Waals surface area contributed by atoms with Crippen LogP contribution in [0.2, 0.25) is 0 Å². The maximum Gasteiger partial charge on any atom is 0.338 e. The van der Waals surface area contributed by atoms with Gasteiger partial charge in [-0.05, 0) is 31.2 Å². The smallest absolute Gasteiger partial charge is 0.338 e. The average Bonchev–Trinajstić information content (AvgIpc) is 2.31. The molecule has 1 rings (SSSR count). The summed E-state index contributed by atoms with van der Waals surface area (Å²) in [5, 5.41) is 14.1. The molecule has 0 atom stereocenters. The van der Waals surface area contributed by atoms with Crippen LogP contribution in [0.1, 0.15) is 23.7 Å². The number of carbonyl (C=O) groups excluding carboxylic acids is 1. The molecular weight excluding hydrogens is 239 g/mol. The molecule has 0 aliphatic heterocycles. The van der Waals surface area contributed by atoms with E-state index in [1.54, 1.807) is 0 Å². The number of amides is 1. The van der Waals surface area contributed by atoms with Crippen LogP contribution < -0.4 is 10.6 Å². The van der Waals surface area contributed by atoms with Crippen molar-refractivity contribution in [1.29, 1.82) is 0 Å². The standard InChI is InChI=1S/C12H15FN2O3/c1-2-5-14-7-11(16)15-8-3-4-10(13)9(6-8)12(17)18/h3-4,6,14H,2,5,7H2,1H3,(H,15,16)(H,17,18). The Hall–Kier alpha value is -1.95. The van der Waals surface area contributed by atoms with Crippen molar-refractivity contribution in [3.63, 3.8) is 0 Å². The van der Waals surface area contributed by atoms with Crippen molar-refractivity contribution in [2.45, 2.75) is 13.3 Å². The van der Waals surface area contributed by atoms with E-state index in [1.165, 1.54) is 6.07 Å². The van der Waals surface area contributed by atoms with Crippen molar-refractivity contribution >= 4 is 17.6 Å². The number of hydrogen-bond donors (Lipinski definition) is 3. The van der Waals surface area contributed by atoms with Gasteiger partial charge in [0, 0.05) is 5.69 Å². The number of aromatic carboxylic acids is 1. The summed E-state index contributed by atoms with van der Waals surface area (Å²) >= 11 is 0. The van der Waals surface area contributed by atoms with E-state index in [0.29, 0.717) is 0 Å². The molecular formula is C12H15FN2O3. The Labute approximate surface area is 104 Å². The number of anilines is 1. The highest BCUT2D eigenvalue weighted by Crippen LogP contribution is 2.14. The van der Waals surface area contributed by atoms with Crippen LogP contribution in [0.3, 0.4) is 0 Å². The van der Waals surface area contributed by atoms with Gasteiger partial charge in [-0.2, -0.15) is 0 Å². The highest BCUT2D eigenvalue weighted by atomic mass is 19.1. The van der Waals surface area contributed by atoms with Crippen molar-refractivity contribution < 1.29 is 19.1 Å². The molecule has 1 amide bonds. The molecule has 0 unspecified atom stereocenters. The lowest BCUT2D eigenvalue weighted by atomic mass is 10.2. The van der Waals surface area contributed by atoms with E-state index in [0.717, 1.165) is 25.1 Å². The number of carboxylic acids is 1. The van der Waals surface area contributed by atoms with Gasteiger partial charge < -0.3 is 15.7 Å². The fourth-order valence-electron chi connectivity index (χ4n) is 1.35. The average molecular weight is 254 g/mol. The molecule has 0 bridgehead atoms. The van der Waals surface area contributed by atoms with Crippen LogP contribution in [0, 0.1) is 5.82 Å². The topological polar surface area (TPSA) is 78.4 Å². The molecule has 0 radical (unpaired) electrons. The zero-order valence-electron chi connectivity index (χ0n) is 10.00. The third-order valence-corrected chi connectivity index (χ3v) is 2.19. The zero-order valence-corrected chi connectivity index (χ0v) is 10.00. The summed E-state index contributed by atoms with van der Waals surface area (Å²) in [4.78, 5) is 22.1. The van der Waals surface area contributed by atoms with E-state index < -0.39 is 17.3 Å². The summed E-state index contributed by atoms with van der Waals surface area (Å²) < 4.78 is 13.1. The first-order chi connectivity index (χ1) is 8.54. The Balaban J connectivity index is 2.65. The molecule has 0 spiro atoms. The Bertz CT molecular complexity index is 449. The molecule has 0 fully saturated rings. The molecule has 18 heavy (non-hydrogen) atoms. The molecule has 3 N–H and O–H groups in total. The van der Waals surface area contributed by atoms with Gasteiger partial charge in [-0.25, -0.2) is 9.18 Å². The first-order valence-corrected chi connectivity index (χ1v) is 5.58. The quantitative estimate of drug-likeness (QED) is 0.672. The predicted octanol–water partition coefficient (Wildman–Crippen LogP) is 1.46. The number of hydrogen-bond acceptors (Lipinski definition) is 3. The molecule has 0 heterocycles. The minimum absolute atomic E-state index is 0.133. The minimum atomic E-state index is -1.37. The van der Waals surface area contributed by atoms with Gasteiger partial charge in [0.2, 0.25) is 5.91 Å². The molecule has 1 aromatic rings. The van der Waals surface area contributed by atoms with Crippen LogP contribution in [0.15, 0.2) is 18.2 Å². The molecule has 0 saturated carbocycles. The lowest BCUT2D eigenvalue weighted by Crippen LogP contribution is -2.28. The highest BCUT2D eigenvalue weighted by molar-refractivity contribution is 5.94. The minimum Gasteiger partial charge on any atom is -0.478 e. The molecule has 98 valence electrons.